The molecule has 176 valence electrons. The number of carboxylic acid groups (broad SMARTS) is 1. The molecular formula is C26H32N2O5. The smallest absolute Gasteiger partial charge is 0.407 e. The van der Waals surface area contributed by atoms with Crippen LogP contribution in [0, 0.1) is 0 Å². The number of benzene rings is 2. The third-order valence-corrected chi connectivity index (χ3v) is 6.51. The van der Waals surface area contributed by atoms with Crippen molar-refractivity contribution in [3.05, 3.63) is 59.7 Å². The number of amides is 2. The Morgan fingerprint density at radius 1 is 1.00 bits per heavy atom. The zero-order valence-corrected chi connectivity index (χ0v) is 19.4. The molecule has 1 aliphatic rings. The van der Waals surface area contributed by atoms with E-state index in [0.717, 1.165) is 22.3 Å². The summed E-state index contributed by atoms with van der Waals surface area (Å²) in [6, 6.07) is 16.0. The van der Waals surface area contributed by atoms with Gasteiger partial charge in [0.15, 0.2) is 0 Å². The average Bonchev–Trinajstić information content (AvgIpc) is 3.13. The molecule has 2 aromatic carbocycles. The number of carbonyl (C=O) groups is 3. The van der Waals surface area contributed by atoms with Gasteiger partial charge in [0.05, 0.1) is 0 Å². The molecule has 0 saturated carbocycles. The van der Waals surface area contributed by atoms with Crippen LogP contribution in [0.5, 0.6) is 0 Å². The lowest BCUT2D eigenvalue weighted by molar-refractivity contribution is -0.148. The first-order valence-electron chi connectivity index (χ1n) is 11.5. The van der Waals surface area contributed by atoms with E-state index in [1.54, 1.807) is 20.8 Å². The monoisotopic (exact) mass is 452 g/mol. The molecule has 0 heterocycles. The second kappa shape index (κ2) is 10.5. The molecule has 3 rings (SSSR count). The Morgan fingerprint density at radius 2 is 1.55 bits per heavy atom. The Kier molecular flexibility index (Phi) is 7.74. The Hall–Kier alpha value is -3.35. The summed E-state index contributed by atoms with van der Waals surface area (Å²) in [5.74, 6) is -1.40. The van der Waals surface area contributed by atoms with E-state index in [2.05, 4.69) is 34.9 Å². The molecule has 1 atom stereocenters. The van der Waals surface area contributed by atoms with Crippen LogP contribution >= 0.6 is 0 Å². The van der Waals surface area contributed by atoms with Gasteiger partial charge in [-0.1, -0.05) is 62.4 Å². The maximum absolute atomic E-state index is 12.4. The van der Waals surface area contributed by atoms with Gasteiger partial charge in [-0.3, -0.25) is 4.79 Å². The van der Waals surface area contributed by atoms with Crippen molar-refractivity contribution < 1.29 is 24.2 Å². The van der Waals surface area contributed by atoms with Gasteiger partial charge in [0.1, 0.15) is 12.1 Å². The topological polar surface area (TPSA) is 105 Å². The van der Waals surface area contributed by atoms with E-state index in [1.807, 2.05) is 24.3 Å². The Balaban J connectivity index is 1.50. The first-order valence-corrected chi connectivity index (χ1v) is 11.5. The van der Waals surface area contributed by atoms with E-state index in [0.29, 0.717) is 19.3 Å². The van der Waals surface area contributed by atoms with Crippen LogP contribution in [-0.2, 0) is 14.3 Å². The highest BCUT2D eigenvalue weighted by Gasteiger charge is 2.36. The molecule has 0 radical (unpaired) electrons. The fourth-order valence-electron chi connectivity index (χ4n) is 4.37. The molecule has 0 aromatic heterocycles. The Bertz CT molecular complexity index is 970. The van der Waals surface area contributed by atoms with Gasteiger partial charge in [0.2, 0.25) is 5.91 Å². The van der Waals surface area contributed by atoms with E-state index in [-0.39, 0.29) is 30.9 Å². The standard InChI is InChI=1S/C26H32N2O5/c1-4-26(5-2,24(30)31)28-23(29)15-14-17(3)27-25(32)33-16-22-20-12-8-6-10-18(20)19-11-7-9-13-21(19)22/h6-13,17,22H,4-5,14-16H2,1-3H3,(H,27,32)(H,28,29)(H,30,31). The number of carbonyl (C=O) groups excluding carboxylic acids is 2. The third-order valence-electron chi connectivity index (χ3n) is 6.51. The van der Waals surface area contributed by atoms with Crippen molar-refractivity contribution >= 4 is 18.0 Å². The number of alkyl carbamates (subject to hydrolysis) is 1. The summed E-state index contributed by atoms with van der Waals surface area (Å²) in [5.41, 5.74) is 3.37. The average molecular weight is 453 g/mol. The fraction of sp³-hybridized carbons (Fsp3) is 0.423. The summed E-state index contributed by atoms with van der Waals surface area (Å²) < 4.78 is 5.54. The van der Waals surface area contributed by atoms with Crippen LogP contribution in [0.25, 0.3) is 11.1 Å². The summed E-state index contributed by atoms with van der Waals surface area (Å²) in [6.07, 6.45) is 0.557. The van der Waals surface area contributed by atoms with Gasteiger partial charge >= 0.3 is 12.1 Å². The predicted octanol–water partition coefficient (Wildman–Crippen LogP) is 4.45. The van der Waals surface area contributed by atoms with Crippen LogP contribution in [0.2, 0.25) is 0 Å². The Morgan fingerprint density at radius 3 is 2.06 bits per heavy atom. The number of hydrogen-bond donors (Lipinski definition) is 3. The van der Waals surface area contributed by atoms with Gasteiger partial charge in [0.25, 0.3) is 0 Å². The van der Waals surface area contributed by atoms with Crippen LogP contribution in [0.1, 0.15) is 63.5 Å². The number of rotatable bonds is 10. The maximum Gasteiger partial charge on any atom is 0.407 e. The molecule has 3 N–H and O–H groups in total. The predicted molar refractivity (Wildman–Crippen MR) is 126 cm³/mol. The van der Waals surface area contributed by atoms with Gasteiger partial charge < -0.3 is 20.5 Å². The highest BCUT2D eigenvalue weighted by atomic mass is 16.5. The van der Waals surface area contributed by atoms with Crippen molar-refractivity contribution in [1.29, 1.82) is 0 Å². The first kappa shape index (κ1) is 24.3. The molecule has 0 saturated heterocycles. The molecule has 7 nitrogen and oxygen atoms in total. The van der Waals surface area contributed by atoms with Gasteiger partial charge in [-0.15, -0.1) is 0 Å². The lowest BCUT2D eigenvalue weighted by Crippen LogP contribution is -2.53. The quantitative estimate of drug-likeness (QED) is 0.494. The summed E-state index contributed by atoms with van der Waals surface area (Å²) >= 11 is 0. The number of nitrogens with one attached hydrogen (secondary N) is 2. The number of ether oxygens (including phenoxy) is 1. The van der Waals surface area contributed by atoms with Crippen molar-refractivity contribution in [2.24, 2.45) is 0 Å². The normalized spacial score (nSPS) is 13.5. The SMILES string of the molecule is CCC(CC)(NC(=O)CCC(C)NC(=O)OCC1c2ccccc2-c2ccccc21)C(=O)O. The Labute approximate surface area is 194 Å². The third kappa shape index (κ3) is 5.35. The number of aliphatic carboxylic acids is 1. The molecule has 0 fully saturated rings. The largest absolute Gasteiger partial charge is 0.480 e. The van der Waals surface area contributed by atoms with Gasteiger partial charge in [0, 0.05) is 18.4 Å². The molecule has 1 aliphatic carbocycles. The van der Waals surface area contributed by atoms with Crippen molar-refractivity contribution in [3.63, 3.8) is 0 Å². The molecule has 0 bridgehead atoms. The maximum atomic E-state index is 12.4. The number of hydrogen-bond acceptors (Lipinski definition) is 4. The molecule has 2 amide bonds. The minimum Gasteiger partial charge on any atom is -0.480 e. The van der Waals surface area contributed by atoms with E-state index in [4.69, 9.17) is 4.74 Å². The highest BCUT2D eigenvalue weighted by Crippen LogP contribution is 2.44. The lowest BCUT2D eigenvalue weighted by atomic mass is 9.92. The molecule has 0 aliphatic heterocycles. The lowest BCUT2D eigenvalue weighted by Gasteiger charge is -2.28. The van der Waals surface area contributed by atoms with Crippen LogP contribution in [0.15, 0.2) is 48.5 Å². The number of carboxylic acids is 1. The van der Waals surface area contributed by atoms with Crippen molar-refractivity contribution in [2.75, 3.05) is 6.61 Å². The van der Waals surface area contributed by atoms with Crippen molar-refractivity contribution in [2.45, 2.75) is 64.0 Å². The molecular weight excluding hydrogens is 420 g/mol. The van der Waals surface area contributed by atoms with E-state index in [1.165, 1.54) is 0 Å². The number of fused-ring (bicyclic) bond motifs is 3. The van der Waals surface area contributed by atoms with Crippen molar-refractivity contribution in [3.8, 4) is 11.1 Å². The molecule has 0 spiro atoms. The van der Waals surface area contributed by atoms with E-state index in [9.17, 15) is 19.5 Å². The minimum absolute atomic E-state index is 0.0172. The van der Waals surface area contributed by atoms with Gasteiger partial charge in [-0.05, 0) is 48.4 Å². The summed E-state index contributed by atoms with van der Waals surface area (Å²) in [5, 5.41) is 14.9. The summed E-state index contributed by atoms with van der Waals surface area (Å²) in [7, 11) is 0. The summed E-state index contributed by atoms with van der Waals surface area (Å²) in [6.45, 7) is 5.48. The van der Waals surface area contributed by atoms with Crippen LogP contribution in [0.4, 0.5) is 4.79 Å². The fourth-order valence-corrected chi connectivity index (χ4v) is 4.37. The zero-order chi connectivity index (χ0) is 24.0. The summed E-state index contributed by atoms with van der Waals surface area (Å²) in [4.78, 5) is 36.2. The second-order valence-corrected chi connectivity index (χ2v) is 8.55. The molecule has 7 heteroatoms. The molecule has 2 aromatic rings. The van der Waals surface area contributed by atoms with Crippen molar-refractivity contribution in [1.82, 2.24) is 10.6 Å². The highest BCUT2D eigenvalue weighted by molar-refractivity contribution is 5.87. The van der Waals surface area contributed by atoms with E-state index >= 15 is 0 Å². The van der Waals surface area contributed by atoms with Gasteiger partial charge in [-0.25, -0.2) is 9.59 Å². The van der Waals surface area contributed by atoms with Crippen LogP contribution in [-0.4, -0.2) is 41.3 Å². The van der Waals surface area contributed by atoms with E-state index < -0.39 is 17.6 Å². The zero-order valence-electron chi connectivity index (χ0n) is 19.4. The first-order chi connectivity index (χ1) is 15.8. The van der Waals surface area contributed by atoms with Gasteiger partial charge in [-0.2, -0.15) is 0 Å². The molecule has 33 heavy (non-hydrogen) atoms. The molecule has 1 unspecified atom stereocenters. The minimum atomic E-state index is -1.25. The second-order valence-electron chi connectivity index (χ2n) is 8.55. The van der Waals surface area contributed by atoms with Crippen LogP contribution in [0.3, 0.4) is 0 Å². The van der Waals surface area contributed by atoms with Crippen LogP contribution < -0.4 is 10.6 Å².